The van der Waals surface area contributed by atoms with Crippen LogP contribution in [0.25, 0.3) is 166 Å². The van der Waals surface area contributed by atoms with E-state index in [0.29, 0.717) is 0 Å². The van der Waals surface area contributed by atoms with Crippen molar-refractivity contribution in [3.8, 4) is 85.0 Å². The van der Waals surface area contributed by atoms with Gasteiger partial charge in [-0.3, -0.25) is 0 Å². The SMILES string of the molecule is Cc1cc2c3[n+](c1)Cc1cccc(c1-3)B1Oc3cc4oc5ccccc5c4cc3N12.Cc1cc2c3c(c1)B1Oc4cc5oc6ccccc6c5cc4N1c1ccc[n+](c1-3)C2.Cc1cc2c3c(c1)N1B(Oc4cc5c(cc41)oc1ccccc15)c1ccc[n+](c1-3)C2.Cc1ccc2oc3cc4c(cc3c2c1)N1B(O4)c2cccc3c2-c2c1ccc[n+]2C3.c1cc2c3c(c1)N1B(Oc4cc5c(cc41)oc1ccccc15)c1ccc[n+](c1-3)C2. The van der Waals surface area contributed by atoms with Crippen molar-refractivity contribution in [1.82, 2.24) is 0 Å². The highest BCUT2D eigenvalue weighted by Crippen LogP contribution is 2.59. The van der Waals surface area contributed by atoms with Gasteiger partial charge in [0.1, 0.15) is 102 Å². The van der Waals surface area contributed by atoms with Gasteiger partial charge in [-0.1, -0.05) is 145 Å². The van der Waals surface area contributed by atoms with Crippen LogP contribution < -0.4 is 97.5 Å². The molecule has 694 valence electrons. The van der Waals surface area contributed by atoms with Gasteiger partial charge in [0.2, 0.25) is 28.5 Å². The van der Waals surface area contributed by atoms with Gasteiger partial charge in [0, 0.05) is 170 Å². The molecule has 0 amide bonds. The first kappa shape index (κ1) is 79.8. The van der Waals surface area contributed by atoms with Crippen molar-refractivity contribution >= 4 is 229 Å². The number of para-hydroxylation sites is 4. The fourth-order valence-corrected chi connectivity index (χ4v) is 27.6. The van der Waals surface area contributed by atoms with Gasteiger partial charge >= 0.3 is 35.3 Å². The summed E-state index contributed by atoms with van der Waals surface area (Å²) in [6, 6.07) is 109. The number of benzene rings is 15. The van der Waals surface area contributed by atoms with Gasteiger partial charge in [0.25, 0.3) is 0 Å². The maximum Gasteiger partial charge on any atom is 0.531 e. The quantitative estimate of drug-likeness (QED) is 0.105. The average Bonchev–Trinajstić information content (AvgIpc) is 1.56. The summed E-state index contributed by atoms with van der Waals surface area (Å²) in [6.45, 7) is 13.2. The molecule has 20 nitrogen and oxygen atoms in total. The summed E-state index contributed by atoms with van der Waals surface area (Å²) >= 11 is 0. The second-order valence-electron chi connectivity index (χ2n) is 42.1. The lowest BCUT2D eigenvalue weighted by Gasteiger charge is -2.28. The van der Waals surface area contributed by atoms with E-state index in [1.807, 2.05) is 54.6 Å². The summed E-state index contributed by atoms with van der Waals surface area (Å²) in [5, 5.41) is 11.3. The van der Waals surface area contributed by atoms with Crippen LogP contribution in [0.4, 0.5) is 56.9 Å². The molecule has 15 aliphatic rings. The van der Waals surface area contributed by atoms with E-state index in [2.05, 4.69) is 360 Å². The van der Waals surface area contributed by atoms with Crippen LogP contribution in [0.5, 0.6) is 28.7 Å². The molecular formula is C124H78B5N10O10+5. The third kappa shape index (κ3) is 10.6. The van der Waals surface area contributed by atoms with Crippen molar-refractivity contribution in [2.45, 2.75) is 60.4 Å². The first-order chi connectivity index (χ1) is 73.4. The Bertz CT molecular complexity index is 10600. The summed E-state index contributed by atoms with van der Waals surface area (Å²) in [7, 11) is -0.733. The summed E-state index contributed by atoms with van der Waals surface area (Å²) in [5.74, 6) is 4.46. The van der Waals surface area contributed by atoms with Crippen LogP contribution in [-0.4, -0.2) is 35.3 Å². The van der Waals surface area contributed by atoms with Gasteiger partial charge in [-0.15, -0.1) is 0 Å². The molecule has 0 fully saturated rings. The van der Waals surface area contributed by atoms with Gasteiger partial charge in [0.05, 0.1) is 67.2 Å². The van der Waals surface area contributed by atoms with E-state index in [0.717, 1.165) is 200 Å². The Labute approximate surface area is 851 Å². The largest absolute Gasteiger partial charge is 0.536 e. The summed E-state index contributed by atoms with van der Waals surface area (Å²) in [6.07, 6.45) is 11.0. The predicted octanol–water partition coefficient (Wildman–Crippen LogP) is 21.9. The molecule has 0 saturated carbocycles. The van der Waals surface area contributed by atoms with E-state index in [9.17, 15) is 0 Å². The maximum atomic E-state index is 6.61. The molecule has 0 radical (unpaired) electrons. The number of furan rings is 5. The third-order valence-electron chi connectivity index (χ3n) is 33.5. The molecule has 0 aliphatic carbocycles. The minimum atomic E-state index is -0.152. The molecule has 25 heterocycles. The highest BCUT2D eigenvalue weighted by molar-refractivity contribution is 6.80. The van der Waals surface area contributed by atoms with Crippen molar-refractivity contribution < 1.29 is 68.2 Å². The van der Waals surface area contributed by atoms with E-state index < -0.39 is 0 Å². The Morgan fingerprint density at radius 1 is 0.195 bits per heavy atom. The number of rotatable bonds is 0. The summed E-state index contributed by atoms with van der Waals surface area (Å²) < 4.78 is 75.4. The molecular weight excluding hydrogens is 1840 g/mol. The Kier molecular flexibility index (Phi) is 15.2. The molecule has 40 rings (SSSR count). The van der Waals surface area contributed by atoms with Crippen LogP contribution in [0.1, 0.15) is 50.1 Å². The Morgan fingerprint density at radius 3 is 1.03 bits per heavy atom. The Morgan fingerprint density at radius 2 is 0.523 bits per heavy atom. The first-order valence-electron chi connectivity index (χ1n) is 51.3. The summed E-state index contributed by atoms with van der Waals surface area (Å²) in [5.41, 5.74) is 51.8. The molecule has 0 N–H and O–H groups in total. The molecule has 15 aromatic carbocycles. The number of anilines is 10. The zero-order valence-electron chi connectivity index (χ0n) is 80.8. The fraction of sp³-hybridized carbons (Fsp3) is 0.0726. The monoisotopic (exact) mass is 1920 g/mol. The standard InChI is InChI=1S/4C25H16BN2O2.C24H14BN2O2/c1-14-7-8-21-16(10-14)17-11-20-23(12-22(17)29-21)30-26-18-5-2-4-15-13-27-9-3-6-19(28(20)26)25(27)24(15)18;1-14-9-20-25-24-15(13-27(25)12-14)5-4-7-18(24)26-28(20)19-10-17-16-6-2-3-8-21(16)29-22(17)11-23(19)30-26;1-14-9-15-13-27-8-4-6-19-25(27)24(15)18(10-14)26-28(19)20-11-17-16-5-2-3-7-21(16)29-22(17)12-23(20)30-26;1-14-9-15-13-27-8-4-6-18-25(27)24(15)20(10-14)28-19-12-22-17(11-23(19)30-26(18)28)16-5-2-3-7-21(16)29-22;1-2-9-20-15(6-1)16-11-22-19(12-21(16)28-20)27-18-8-3-5-14-13-26-10-4-7-17(25(27)29-22)24(26)23(14)18/h4*2-12H,13H2,1H3;1-12H,13H2/q5*+1. The van der Waals surface area contributed by atoms with E-state index in [1.165, 1.54) is 162 Å². The molecule has 0 unspecified atom stereocenters. The van der Waals surface area contributed by atoms with Crippen molar-refractivity contribution in [1.29, 1.82) is 0 Å². The van der Waals surface area contributed by atoms with Gasteiger partial charge in [0.15, 0.2) is 63.7 Å². The van der Waals surface area contributed by atoms with Crippen LogP contribution in [-0.2, 0) is 32.7 Å². The van der Waals surface area contributed by atoms with Crippen LogP contribution >= 0.6 is 0 Å². The number of pyridine rings is 5. The molecule has 10 aromatic heterocycles. The van der Waals surface area contributed by atoms with Gasteiger partial charge < -0.3 is 69.4 Å². The Hall–Kier alpha value is -18.6. The molecule has 0 atom stereocenters. The molecule has 15 aliphatic heterocycles. The second kappa shape index (κ2) is 28.3. The van der Waals surface area contributed by atoms with Gasteiger partial charge in [-0.25, -0.2) is 0 Å². The van der Waals surface area contributed by atoms with Gasteiger partial charge in [-0.2, -0.15) is 22.8 Å². The van der Waals surface area contributed by atoms with Crippen LogP contribution in [0.3, 0.4) is 0 Å². The zero-order valence-corrected chi connectivity index (χ0v) is 80.8. The molecule has 149 heavy (non-hydrogen) atoms. The second-order valence-corrected chi connectivity index (χ2v) is 42.1. The lowest BCUT2D eigenvalue weighted by atomic mass is 9.65. The minimum Gasteiger partial charge on any atom is -0.536 e. The topological polar surface area (TPSA) is 147 Å². The highest BCUT2D eigenvalue weighted by Gasteiger charge is 2.58. The van der Waals surface area contributed by atoms with E-state index in [4.69, 9.17) is 45.4 Å². The smallest absolute Gasteiger partial charge is 0.531 e. The number of hydrogen-bond donors (Lipinski definition) is 0. The number of nitrogens with zero attached hydrogens (tertiary/aromatic N) is 10. The van der Waals surface area contributed by atoms with Crippen LogP contribution in [0, 0.1) is 27.7 Å². The number of aryl methyl sites for hydroxylation is 4. The number of hydrogen-bond acceptors (Lipinski definition) is 15. The molecule has 25 aromatic rings. The molecule has 0 saturated heterocycles. The highest BCUT2D eigenvalue weighted by atomic mass is 16.5. The molecule has 0 spiro atoms. The van der Waals surface area contributed by atoms with Gasteiger partial charge in [-0.05, 0) is 155 Å². The fourth-order valence-electron chi connectivity index (χ4n) is 27.6. The van der Waals surface area contributed by atoms with Crippen molar-refractivity contribution in [2.24, 2.45) is 0 Å². The Balaban J connectivity index is 0.0000000768. The zero-order chi connectivity index (χ0) is 96.9. The van der Waals surface area contributed by atoms with Crippen LogP contribution in [0.15, 0.2) is 362 Å². The van der Waals surface area contributed by atoms with E-state index in [1.54, 1.807) is 0 Å². The lowest BCUT2D eigenvalue weighted by Crippen LogP contribution is -2.53. The molecule has 0 bridgehead atoms. The van der Waals surface area contributed by atoms with E-state index >= 15 is 0 Å². The van der Waals surface area contributed by atoms with Crippen LogP contribution in [0.2, 0.25) is 0 Å². The average molecular weight is 1920 g/mol. The lowest BCUT2D eigenvalue weighted by molar-refractivity contribution is -0.672. The summed E-state index contributed by atoms with van der Waals surface area (Å²) in [4.78, 5) is 11.8. The van der Waals surface area contributed by atoms with Crippen molar-refractivity contribution in [2.75, 3.05) is 24.1 Å². The van der Waals surface area contributed by atoms with E-state index in [-0.39, 0.29) is 35.3 Å². The first-order valence-corrected chi connectivity index (χ1v) is 51.3. The minimum absolute atomic E-state index is 0.143. The molecule has 25 heteroatoms. The number of aromatic nitrogens is 5. The number of fused-ring (bicyclic) bond motifs is 40. The third-order valence-corrected chi connectivity index (χ3v) is 33.5. The normalized spacial score (nSPS) is 14.8. The predicted molar refractivity (Wildman–Crippen MR) is 584 cm³/mol. The maximum absolute atomic E-state index is 6.61. The van der Waals surface area contributed by atoms with Crippen molar-refractivity contribution in [3.05, 3.63) is 390 Å². The van der Waals surface area contributed by atoms with Crippen molar-refractivity contribution in [3.63, 3.8) is 0 Å².